The summed E-state index contributed by atoms with van der Waals surface area (Å²) >= 11 is 5.73. The van der Waals surface area contributed by atoms with Crippen molar-refractivity contribution in [1.29, 1.82) is 0 Å². The molecule has 2 aromatic carbocycles. The summed E-state index contributed by atoms with van der Waals surface area (Å²) in [4.78, 5) is 0.214. The zero-order chi connectivity index (χ0) is 15.1. The molecule has 0 bridgehead atoms. The van der Waals surface area contributed by atoms with Gasteiger partial charge in [0.15, 0.2) is 9.84 Å². The Kier molecular flexibility index (Phi) is 5.56. The van der Waals surface area contributed by atoms with Gasteiger partial charge in [0.1, 0.15) is 0 Å². The van der Waals surface area contributed by atoms with Gasteiger partial charge in [0.25, 0.3) is 0 Å². The summed E-state index contributed by atoms with van der Waals surface area (Å²) in [5, 5.41) is 1.66. The third-order valence-corrected chi connectivity index (χ3v) is 4.48. The Morgan fingerprint density at radius 1 is 1.00 bits per heavy atom. The molecule has 21 heavy (non-hydrogen) atoms. The quantitative estimate of drug-likeness (QED) is 0.759. The van der Waals surface area contributed by atoms with E-state index in [-0.39, 0.29) is 11.5 Å². The Morgan fingerprint density at radius 3 is 2.33 bits per heavy atom. The van der Waals surface area contributed by atoms with E-state index in [1.165, 1.54) is 18.2 Å². The second-order valence-corrected chi connectivity index (χ2v) is 6.64. The van der Waals surface area contributed by atoms with Gasteiger partial charge in [-0.2, -0.15) is 0 Å². The van der Waals surface area contributed by atoms with Gasteiger partial charge in [-0.1, -0.05) is 41.9 Å². The molecule has 0 saturated heterocycles. The smallest absolute Gasteiger partial charge is 0.199 e. The Labute approximate surface area is 129 Å². The van der Waals surface area contributed by atoms with Crippen LogP contribution in [0.2, 0.25) is 5.02 Å². The molecule has 0 amide bonds. The van der Waals surface area contributed by atoms with Gasteiger partial charge in [0, 0.05) is 10.4 Å². The predicted molar refractivity (Wildman–Crippen MR) is 83.9 cm³/mol. The molecule has 0 aliphatic rings. The maximum absolute atomic E-state index is 12.0. The van der Waals surface area contributed by atoms with Crippen molar-refractivity contribution in [3.63, 3.8) is 0 Å². The number of benzene rings is 2. The third-order valence-electron chi connectivity index (χ3n) is 2.74. The minimum Gasteiger partial charge on any atom is -0.373 e. The van der Waals surface area contributed by atoms with Gasteiger partial charge in [0.05, 0.1) is 18.1 Å². The van der Waals surface area contributed by atoms with Crippen LogP contribution in [0.4, 0.5) is 0 Å². The predicted octanol–water partition coefficient (Wildman–Crippen LogP) is 3.84. The standard InChI is InChI=1S/C16H15ClO3S/c17-15-7-9-16(10-8-15)21(18,19)12-4-11-20-13-14-5-2-1-3-6-14/h1-10,12H,11,13H2/b12-4+. The lowest BCUT2D eigenvalue weighted by atomic mass is 10.2. The minimum absolute atomic E-state index is 0.214. The highest BCUT2D eigenvalue weighted by Crippen LogP contribution is 2.16. The van der Waals surface area contributed by atoms with Crippen LogP contribution in [-0.4, -0.2) is 15.0 Å². The molecule has 0 aliphatic heterocycles. The van der Waals surface area contributed by atoms with Crippen LogP contribution in [0.15, 0.2) is 71.0 Å². The second kappa shape index (κ2) is 7.41. The highest BCUT2D eigenvalue weighted by Gasteiger charge is 2.09. The van der Waals surface area contributed by atoms with Gasteiger partial charge in [-0.05, 0) is 35.9 Å². The Hall–Kier alpha value is -1.62. The average molecular weight is 323 g/mol. The lowest BCUT2D eigenvalue weighted by Crippen LogP contribution is -1.97. The van der Waals surface area contributed by atoms with Crippen molar-refractivity contribution >= 4 is 21.4 Å². The van der Waals surface area contributed by atoms with E-state index < -0.39 is 9.84 Å². The van der Waals surface area contributed by atoms with Gasteiger partial charge in [0.2, 0.25) is 0 Å². The van der Waals surface area contributed by atoms with E-state index in [0.29, 0.717) is 11.6 Å². The molecule has 0 saturated carbocycles. The largest absolute Gasteiger partial charge is 0.373 e. The van der Waals surface area contributed by atoms with Crippen molar-refractivity contribution < 1.29 is 13.2 Å². The van der Waals surface area contributed by atoms with Crippen LogP contribution in [0.3, 0.4) is 0 Å². The van der Waals surface area contributed by atoms with E-state index in [0.717, 1.165) is 11.0 Å². The molecule has 3 nitrogen and oxygen atoms in total. The monoisotopic (exact) mass is 322 g/mol. The van der Waals surface area contributed by atoms with Crippen LogP contribution in [0.25, 0.3) is 0 Å². The Morgan fingerprint density at radius 2 is 1.67 bits per heavy atom. The Balaban J connectivity index is 1.87. The Bertz CT molecular complexity index is 692. The van der Waals surface area contributed by atoms with Crippen molar-refractivity contribution in [1.82, 2.24) is 0 Å². The fraction of sp³-hybridized carbons (Fsp3) is 0.125. The first-order chi connectivity index (χ1) is 10.1. The number of ether oxygens (including phenoxy) is 1. The SMILES string of the molecule is O=S(=O)(/C=C/COCc1ccccc1)c1ccc(Cl)cc1. The van der Waals surface area contributed by atoms with Crippen molar-refractivity contribution in [2.45, 2.75) is 11.5 Å². The zero-order valence-electron chi connectivity index (χ0n) is 11.3. The summed E-state index contributed by atoms with van der Waals surface area (Å²) in [7, 11) is -3.44. The molecule has 5 heteroatoms. The second-order valence-electron chi connectivity index (χ2n) is 4.37. The van der Waals surface area contributed by atoms with Crippen molar-refractivity contribution in [3.05, 3.63) is 76.7 Å². The van der Waals surface area contributed by atoms with Crippen LogP contribution in [0.1, 0.15) is 5.56 Å². The van der Waals surface area contributed by atoms with Crippen LogP contribution >= 0.6 is 11.6 Å². The molecule has 2 rings (SSSR count). The first-order valence-corrected chi connectivity index (χ1v) is 8.29. The van der Waals surface area contributed by atoms with Gasteiger partial charge in [-0.25, -0.2) is 8.42 Å². The van der Waals surface area contributed by atoms with E-state index >= 15 is 0 Å². The van der Waals surface area contributed by atoms with Crippen molar-refractivity contribution in [3.8, 4) is 0 Å². The third kappa shape index (κ3) is 5.01. The van der Waals surface area contributed by atoms with Crippen molar-refractivity contribution in [2.24, 2.45) is 0 Å². The fourth-order valence-electron chi connectivity index (χ4n) is 1.69. The molecule has 0 heterocycles. The van der Waals surface area contributed by atoms with Gasteiger partial charge < -0.3 is 4.74 Å². The van der Waals surface area contributed by atoms with E-state index in [4.69, 9.17) is 16.3 Å². The van der Waals surface area contributed by atoms with Crippen LogP contribution in [0, 0.1) is 0 Å². The number of hydrogen-bond acceptors (Lipinski definition) is 3. The number of rotatable bonds is 6. The molecule has 0 atom stereocenters. The molecule has 0 spiro atoms. The number of halogens is 1. The van der Waals surface area contributed by atoms with E-state index in [1.54, 1.807) is 12.1 Å². The van der Waals surface area contributed by atoms with E-state index in [1.807, 2.05) is 30.3 Å². The lowest BCUT2D eigenvalue weighted by Gasteiger charge is -2.01. The summed E-state index contributed by atoms with van der Waals surface area (Å²) in [5.41, 5.74) is 1.05. The molecule has 0 aliphatic carbocycles. The number of hydrogen-bond donors (Lipinski definition) is 0. The highest BCUT2D eigenvalue weighted by atomic mass is 35.5. The average Bonchev–Trinajstić information content (AvgIpc) is 2.48. The topological polar surface area (TPSA) is 43.4 Å². The van der Waals surface area contributed by atoms with Crippen molar-refractivity contribution in [2.75, 3.05) is 6.61 Å². The molecule has 0 aromatic heterocycles. The van der Waals surface area contributed by atoms with Gasteiger partial charge >= 0.3 is 0 Å². The molecule has 0 radical (unpaired) electrons. The lowest BCUT2D eigenvalue weighted by molar-refractivity contribution is 0.149. The summed E-state index contributed by atoms with van der Waals surface area (Å²) < 4.78 is 29.4. The maximum Gasteiger partial charge on any atom is 0.199 e. The van der Waals surface area contributed by atoms with Crippen LogP contribution < -0.4 is 0 Å². The highest BCUT2D eigenvalue weighted by molar-refractivity contribution is 7.94. The van der Waals surface area contributed by atoms with Crippen LogP contribution in [0.5, 0.6) is 0 Å². The van der Waals surface area contributed by atoms with E-state index in [9.17, 15) is 8.42 Å². The summed E-state index contributed by atoms with van der Waals surface area (Å²) in [5.74, 6) is 0. The van der Waals surface area contributed by atoms with Gasteiger partial charge in [-0.15, -0.1) is 0 Å². The first kappa shape index (κ1) is 15.8. The molecule has 0 N–H and O–H groups in total. The van der Waals surface area contributed by atoms with Crippen LogP contribution in [-0.2, 0) is 21.2 Å². The summed E-state index contributed by atoms with van der Waals surface area (Å²) in [6, 6.07) is 15.8. The first-order valence-electron chi connectivity index (χ1n) is 6.37. The number of sulfone groups is 1. The fourth-order valence-corrected chi connectivity index (χ4v) is 2.82. The van der Waals surface area contributed by atoms with E-state index in [2.05, 4.69) is 0 Å². The molecule has 0 unspecified atom stereocenters. The molecule has 0 fully saturated rings. The molecular weight excluding hydrogens is 308 g/mol. The molecule has 2 aromatic rings. The summed E-state index contributed by atoms with van der Waals surface area (Å²) in [6.45, 7) is 0.688. The van der Waals surface area contributed by atoms with Gasteiger partial charge in [-0.3, -0.25) is 0 Å². The normalized spacial score (nSPS) is 11.9. The minimum atomic E-state index is -3.44. The zero-order valence-corrected chi connectivity index (χ0v) is 12.8. The molecular formula is C16H15ClO3S. The maximum atomic E-state index is 12.0. The molecule has 110 valence electrons. The summed E-state index contributed by atoms with van der Waals surface area (Å²) in [6.07, 6.45) is 1.49.